The second kappa shape index (κ2) is 5.99. The maximum Gasteiger partial charge on any atom is 0.336 e. The van der Waals surface area contributed by atoms with Crippen molar-refractivity contribution in [3.05, 3.63) is 58.7 Å². The van der Waals surface area contributed by atoms with Crippen LogP contribution >= 0.6 is 0 Å². The van der Waals surface area contributed by atoms with Gasteiger partial charge in [0.2, 0.25) is 0 Å². The lowest BCUT2D eigenvalue weighted by Crippen LogP contribution is -2.33. The molecule has 0 aromatic heterocycles. The largest absolute Gasteiger partial charge is 0.478 e. The molecule has 2 aromatic carbocycles. The van der Waals surface area contributed by atoms with E-state index in [-0.39, 0.29) is 23.0 Å². The van der Waals surface area contributed by atoms with Gasteiger partial charge in [0.25, 0.3) is 0 Å². The summed E-state index contributed by atoms with van der Waals surface area (Å²) in [5.74, 6) is -0.947. The number of fused-ring (bicyclic) bond motifs is 1. The van der Waals surface area contributed by atoms with E-state index in [9.17, 15) is 15.0 Å². The third-order valence-corrected chi connectivity index (χ3v) is 5.66. The molecule has 0 radical (unpaired) electrons. The molecular formula is C22H26O3. The number of hydrogen-bond acceptors (Lipinski definition) is 2. The molecule has 0 amide bonds. The average molecular weight is 338 g/mol. The molecule has 0 atom stereocenters. The molecule has 1 aliphatic carbocycles. The Morgan fingerprint density at radius 2 is 1.60 bits per heavy atom. The molecule has 2 N–H and O–H groups in total. The van der Waals surface area contributed by atoms with Crippen molar-refractivity contribution in [3.63, 3.8) is 0 Å². The van der Waals surface area contributed by atoms with Gasteiger partial charge in [0.05, 0.1) is 12.2 Å². The SMILES string of the molecule is CC1(C)CCC(C)(C)c2cc(-c3cc(CO)ccc3C(=O)O)ccc21. The zero-order valence-electron chi connectivity index (χ0n) is 15.4. The standard InChI is InChI=1S/C22H26O3/c1-21(2)9-10-22(3,4)19-12-15(6-8-18(19)21)17-11-14(13-23)5-7-16(17)20(24)25/h5-8,11-12,23H,9-10,13H2,1-4H3,(H,24,25). The Kier molecular flexibility index (Phi) is 4.24. The molecule has 0 heterocycles. The van der Waals surface area contributed by atoms with Gasteiger partial charge in [-0.05, 0) is 63.6 Å². The van der Waals surface area contributed by atoms with Gasteiger partial charge in [0.15, 0.2) is 0 Å². The minimum Gasteiger partial charge on any atom is -0.478 e. The first-order chi connectivity index (χ1) is 11.7. The first-order valence-electron chi connectivity index (χ1n) is 8.78. The van der Waals surface area contributed by atoms with Gasteiger partial charge in [-0.25, -0.2) is 4.79 Å². The smallest absolute Gasteiger partial charge is 0.336 e. The van der Waals surface area contributed by atoms with Gasteiger partial charge >= 0.3 is 5.97 Å². The van der Waals surface area contributed by atoms with Gasteiger partial charge in [-0.1, -0.05) is 52.0 Å². The number of aliphatic hydroxyl groups is 1. The predicted octanol–water partition coefficient (Wildman–Crippen LogP) is 4.89. The molecule has 3 heteroatoms. The fourth-order valence-corrected chi connectivity index (χ4v) is 3.87. The van der Waals surface area contributed by atoms with Crippen molar-refractivity contribution >= 4 is 5.97 Å². The van der Waals surface area contributed by atoms with Gasteiger partial charge < -0.3 is 10.2 Å². The van der Waals surface area contributed by atoms with E-state index >= 15 is 0 Å². The van der Waals surface area contributed by atoms with Crippen LogP contribution in [0.1, 0.15) is 67.6 Å². The van der Waals surface area contributed by atoms with E-state index in [2.05, 4.69) is 39.8 Å². The minimum absolute atomic E-state index is 0.0683. The molecule has 1 aliphatic rings. The van der Waals surface area contributed by atoms with Crippen molar-refractivity contribution in [2.75, 3.05) is 0 Å². The van der Waals surface area contributed by atoms with E-state index in [0.717, 1.165) is 24.0 Å². The van der Waals surface area contributed by atoms with Crippen molar-refractivity contribution < 1.29 is 15.0 Å². The fraction of sp³-hybridized carbons (Fsp3) is 0.409. The Bertz CT molecular complexity index is 831. The molecule has 0 aliphatic heterocycles. The Morgan fingerprint density at radius 3 is 2.20 bits per heavy atom. The molecule has 0 bridgehead atoms. The lowest BCUT2D eigenvalue weighted by Gasteiger charge is -2.42. The van der Waals surface area contributed by atoms with Crippen LogP contribution in [0.15, 0.2) is 36.4 Å². The summed E-state index contributed by atoms with van der Waals surface area (Å²) in [5.41, 5.74) is 5.40. The Balaban J connectivity index is 2.22. The summed E-state index contributed by atoms with van der Waals surface area (Å²) in [7, 11) is 0. The number of rotatable bonds is 3. The number of benzene rings is 2. The fourth-order valence-electron chi connectivity index (χ4n) is 3.87. The highest BCUT2D eigenvalue weighted by Gasteiger charge is 2.37. The highest BCUT2D eigenvalue weighted by molar-refractivity contribution is 5.96. The molecule has 3 rings (SSSR count). The van der Waals surface area contributed by atoms with Crippen LogP contribution in [0, 0.1) is 0 Å². The Morgan fingerprint density at radius 1 is 0.960 bits per heavy atom. The van der Waals surface area contributed by atoms with Gasteiger partial charge in [0.1, 0.15) is 0 Å². The highest BCUT2D eigenvalue weighted by Crippen LogP contribution is 2.47. The summed E-state index contributed by atoms with van der Waals surface area (Å²) in [5, 5.41) is 19.0. The molecular weight excluding hydrogens is 312 g/mol. The Labute approximate surface area is 149 Å². The van der Waals surface area contributed by atoms with E-state index < -0.39 is 5.97 Å². The molecule has 2 aromatic rings. The van der Waals surface area contributed by atoms with Gasteiger partial charge in [0, 0.05) is 0 Å². The average Bonchev–Trinajstić information content (AvgIpc) is 2.58. The van der Waals surface area contributed by atoms with Crippen LogP contribution in [0.4, 0.5) is 0 Å². The first-order valence-corrected chi connectivity index (χ1v) is 8.78. The van der Waals surface area contributed by atoms with Crippen molar-refractivity contribution in [1.82, 2.24) is 0 Å². The van der Waals surface area contributed by atoms with E-state index in [1.54, 1.807) is 18.2 Å². The second-order valence-corrected chi connectivity index (χ2v) is 8.37. The van der Waals surface area contributed by atoms with Crippen LogP contribution in [-0.4, -0.2) is 16.2 Å². The lowest BCUT2D eigenvalue weighted by atomic mass is 9.63. The van der Waals surface area contributed by atoms with E-state index in [1.165, 1.54) is 11.1 Å². The maximum absolute atomic E-state index is 11.7. The van der Waals surface area contributed by atoms with Crippen molar-refractivity contribution in [3.8, 4) is 11.1 Å². The van der Waals surface area contributed by atoms with Crippen LogP contribution in [0.5, 0.6) is 0 Å². The maximum atomic E-state index is 11.7. The highest BCUT2D eigenvalue weighted by atomic mass is 16.4. The third-order valence-electron chi connectivity index (χ3n) is 5.66. The van der Waals surface area contributed by atoms with Crippen molar-refractivity contribution in [1.29, 1.82) is 0 Å². The zero-order valence-corrected chi connectivity index (χ0v) is 15.4. The van der Waals surface area contributed by atoms with Crippen molar-refractivity contribution in [2.24, 2.45) is 0 Å². The number of carboxylic acids is 1. The normalized spacial score (nSPS) is 17.8. The summed E-state index contributed by atoms with van der Waals surface area (Å²) in [6.07, 6.45) is 2.26. The van der Waals surface area contributed by atoms with Crippen LogP contribution in [0.2, 0.25) is 0 Å². The number of aliphatic hydroxyl groups excluding tert-OH is 1. The lowest BCUT2D eigenvalue weighted by molar-refractivity contribution is 0.0697. The summed E-state index contributed by atoms with van der Waals surface area (Å²) in [4.78, 5) is 11.7. The predicted molar refractivity (Wildman–Crippen MR) is 100 cm³/mol. The molecule has 0 saturated carbocycles. The summed E-state index contributed by atoms with van der Waals surface area (Å²) in [6, 6.07) is 11.4. The molecule has 3 nitrogen and oxygen atoms in total. The molecule has 0 unspecified atom stereocenters. The minimum atomic E-state index is -0.947. The first kappa shape index (κ1) is 17.7. The van der Waals surface area contributed by atoms with Crippen molar-refractivity contribution in [2.45, 2.75) is 58.0 Å². The molecule has 0 fully saturated rings. The monoisotopic (exact) mass is 338 g/mol. The topological polar surface area (TPSA) is 57.5 Å². The van der Waals surface area contributed by atoms with Gasteiger partial charge in [-0.2, -0.15) is 0 Å². The van der Waals surface area contributed by atoms with Crippen LogP contribution in [0.25, 0.3) is 11.1 Å². The summed E-state index contributed by atoms with van der Waals surface area (Å²) in [6.45, 7) is 8.96. The van der Waals surface area contributed by atoms with E-state index in [0.29, 0.717) is 5.56 Å². The molecule has 25 heavy (non-hydrogen) atoms. The summed E-state index contributed by atoms with van der Waals surface area (Å²) >= 11 is 0. The van der Waals surface area contributed by atoms with Crippen LogP contribution < -0.4 is 0 Å². The summed E-state index contributed by atoms with van der Waals surface area (Å²) < 4.78 is 0. The van der Waals surface area contributed by atoms with Gasteiger partial charge in [-0.15, -0.1) is 0 Å². The zero-order chi connectivity index (χ0) is 18.4. The number of carboxylic acid groups (broad SMARTS) is 1. The molecule has 0 spiro atoms. The number of hydrogen-bond donors (Lipinski definition) is 2. The number of aromatic carboxylic acids is 1. The quantitative estimate of drug-likeness (QED) is 0.837. The number of carbonyl (C=O) groups is 1. The second-order valence-electron chi connectivity index (χ2n) is 8.37. The molecule has 132 valence electrons. The van der Waals surface area contributed by atoms with Crippen LogP contribution in [-0.2, 0) is 17.4 Å². The van der Waals surface area contributed by atoms with Crippen LogP contribution in [0.3, 0.4) is 0 Å². The molecule has 0 saturated heterocycles. The van der Waals surface area contributed by atoms with Gasteiger partial charge in [-0.3, -0.25) is 0 Å². The van der Waals surface area contributed by atoms with E-state index in [4.69, 9.17) is 0 Å². The Hall–Kier alpha value is -2.13. The van der Waals surface area contributed by atoms with E-state index in [1.807, 2.05) is 6.07 Å². The third kappa shape index (κ3) is 3.09.